The minimum atomic E-state index is -1.04. The Balaban J connectivity index is 1.54. The summed E-state index contributed by atoms with van der Waals surface area (Å²) in [6, 6.07) is 20.9. The second-order valence-corrected chi connectivity index (χ2v) is 11.9. The van der Waals surface area contributed by atoms with E-state index in [9.17, 15) is 15.0 Å². The summed E-state index contributed by atoms with van der Waals surface area (Å²) in [7, 11) is 2.89. The molecule has 280 valence electrons. The molecule has 0 fully saturated rings. The van der Waals surface area contributed by atoms with E-state index < -0.39 is 5.97 Å². The van der Waals surface area contributed by atoms with Gasteiger partial charge in [-0.1, -0.05) is 16.1 Å². The van der Waals surface area contributed by atoms with Crippen LogP contribution in [0.5, 0.6) is 17.2 Å². The molecule has 5 N–H and O–H groups in total. The highest BCUT2D eigenvalue weighted by Crippen LogP contribution is 2.47. The topological polar surface area (TPSA) is 236 Å². The Morgan fingerprint density at radius 3 is 2.19 bits per heavy atom. The number of carboxylic acids is 1. The predicted octanol–water partition coefficient (Wildman–Crippen LogP) is 10.4. The summed E-state index contributed by atoms with van der Waals surface area (Å²) in [4.78, 5) is 16.2. The lowest BCUT2D eigenvalue weighted by Gasteiger charge is -2.12. The van der Waals surface area contributed by atoms with Crippen molar-refractivity contribution in [2.24, 2.45) is 25.4 Å². The molecule has 0 aliphatic rings. The van der Waals surface area contributed by atoms with Gasteiger partial charge in [-0.3, -0.25) is 0 Å². The van der Waals surface area contributed by atoms with Crippen LogP contribution in [0.25, 0.3) is 10.8 Å². The van der Waals surface area contributed by atoms with Crippen molar-refractivity contribution in [1.29, 1.82) is 0 Å². The van der Waals surface area contributed by atoms with Crippen molar-refractivity contribution >= 4 is 87.0 Å². The quantitative estimate of drug-likeness (QED) is 0.0139. The van der Waals surface area contributed by atoms with E-state index in [1.54, 1.807) is 67.6 Å². The monoisotopic (exact) mass is 778 g/mol. The van der Waals surface area contributed by atoms with Crippen LogP contribution in [0.3, 0.4) is 0 Å². The van der Waals surface area contributed by atoms with Gasteiger partial charge in [-0.05, 0) is 79.0 Å². The van der Waals surface area contributed by atoms with Gasteiger partial charge in [0.25, 0.3) is 0 Å². The summed E-state index contributed by atoms with van der Waals surface area (Å²) in [6.07, 6.45) is 1.19. The van der Waals surface area contributed by atoms with Gasteiger partial charge in [0.15, 0.2) is 12.2 Å². The Hall–Kier alpha value is -5.84. The third-order valence-electron chi connectivity index (χ3n) is 7.11. The van der Waals surface area contributed by atoms with Crippen LogP contribution in [0, 0.1) is 0 Å². The molecule has 0 amide bonds. The van der Waals surface area contributed by atoms with Crippen molar-refractivity contribution in [1.82, 2.24) is 0 Å². The van der Waals surface area contributed by atoms with Crippen molar-refractivity contribution in [2.45, 2.75) is 16.7 Å². The van der Waals surface area contributed by atoms with Crippen LogP contribution >= 0.6 is 24.1 Å². The number of phenols is 1. The maximum Gasteiger partial charge on any atom is 0.335 e. The lowest BCUT2D eigenvalue weighted by atomic mass is 10.1. The number of fused-ring (bicyclic) bond motifs is 1. The molecule has 5 aromatic carbocycles. The Bertz CT molecular complexity index is 2190. The number of aromatic hydroxyl groups is 1. The second kappa shape index (κ2) is 19.3. The number of nitrogens with one attached hydrogen (secondary N) is 1. The highest BCUT2D eigenvalue weighted by Gasteiger charge is 2.18. The first kappa shape index (κ1) is 39.4. The zero-order valence-corrected chi connectivity index (χ0v) is 30.0. The molecule has 0 radical (unpaired) electrons. The molecule has 0 unspecified atom stereocenters. The van der Waals surface area contributed by atoms with E-state index in [0.717, 1.165) is 0 Å². The first-order valence-electron chi connectivity index (χ1n) is 15.4. The summed E-state index contributed by atoms with van der Waals surface area (Å²) in [5, 5.41) is 67.1. The van der Waals surface area contributed by atoms with Gasteiger partial charge in [0.2, 0.25) is 0 Å². The number of aliphatic imine (C=N–C) groups is 1. The molecule has 5 rings (SSSR count). The van der Waals surface area contributed by atoms with E-state index in [-0.39, 0.29) is 51.3 Å². The van der Waals surface area contributed by atoms with E-state index in [4.69, 9.17) is 24.7 Å². The first-order valence-corrected chi connectivity index (χ1v) is 16.8. The van der Waals surface area contributed by atoms with Crippen molar-refractivity contribution in [3.63, 3.8) is 0 Å². The first-order chi connectivity index (χ1) is 26.3. The SMILES string of the molecule is CCOc1cc(N=Nc2ccc(OC)c(SOOO)c2)c(N=COC)cc1N=Nc1c(SOOO)cc2ccc(Nc3ccc(C(=O)O)cc3)cc2c1O. The summed E-state index contributed by atoms with van der Waals surface area (Å²) >= 11 is 1.28. The smallest absolute Gasteiger partial charge is 0.335 e. The number of carbonyl (C=O) groups is 1. The van der Waals surface area contributed by atoms with E-state index in [2.05, 4.69) is 49.5 Å². The van der Waals surface area contributed by atoms with Crippen LogP contribution in [-0.4, -0.2) is 53.9 Å². The summed E-state index contributed by atoms with van der Waals surface area (Å²) in [5.41, 5.74) is 2.42. The van der Waals surface area contributed by atoms with Gasteiger partial charge in [0.05, 0.1) is 71.6 Å². The van der Waals surface area contributed by atoms with Crippen LogP contribution in [0.4, 0.5) is 39.8 Å². The highest BCUT2D eigenvalue weighted by atomic mass is 32.2. The maximum atomic E-state index is 11.5. The molecule has 0 spiro atoms. The Labute approximate surface area is 314 Å². The number of nitrogens with zero attached hydrogens (tertiary/aromatic N) is 5. The van der Waals surface area contributed by atoms with Crippen molar-refractivity contribution < 1.29 is 58.5 Å². The van der Waals surface area contributed by atoms with Crippen molar-refractivity contribution in [2.75, 3.05) is 26.1 Å². The van der Waals surface area contributed by atoms with Gasteiger partial charge in [-0.25, -0.2) is 20.3 Å². The molecule has 0 atom stereocenters. The molecule has 0 aliphatic heterocycles. The van der Waals surface area contributed by atoms with Gasteiger partial charge in [-0.2, -0.15) is 5.11 Å². The van der Waals surface area contributed by atoms with E-state index in [1.165, 1.54) is 38.8 Å². The summed E-state index contributed by atoms with van der Waals surface area (Å²) in [5.74, 6) is -0.639. The van der Waals surface area contributed by atoms with Crippen LogP contribution < -0.4 is 14.8 Å². The summed E-state index contributed by atoms with van der Waals surface area (Å²) in [6.45, 7) is 2.01. The molecule has 0 aromatic heterocycles. The zero-order valence-electron chi connectivity index (χ0n) is 28.4. The number of hydrogen-bond donors (Lipinski definition) is 5. The third kappa shape index (κ3) is 9.97. The molecule has 0 saturated heterocycles. The fourth-order valence-electron chi connectivity index (χ4n) is 4.74. The van der Waals surface area contributed by atoms with Crippen LogP contribution in [-0.2, 0) is 23.5 Å². The standard InChI is InChI=1S/C34H30N6O12S2/c1-4-48-29-17-26(38-37-23-11-12-28(47-3)30(15-23)53-51-49-44)25(35-18-46-2)16-27(29)39-40-32-31(54-52-50-45)13-20-7-10-22(14-24(20)33(32)41)36-21-8-5-19(6-9-21)34(42)43/h5-18,36,41,44-45H,4H2,1-3H3,(H,42,43). The number of azo groups is 2. The fraction of sp³-hybridized carbons (Fsp3) is 0.118. The van der Waals surface area contributed by atoms with Crippen LogP contribution in [0.15, 0.2) is 114 Å². The van der Waals surface area contributed by atoms with E-state index in [0.29, 0.717) is 62.6 Å². The molecule has 5 aromatic rings. The predicted molar refractivity (Wildman–Crippen MR) is 198 cm³/mol. The van der Waals surface area contributed by atoms with Gasteiger partial charge in [0, 0.05) is 22.8 Å². The second-order valence-electron chi connectivity index (χ2n) is 10.4. The minimum Gasteiger partial charge on any atom is -0.505 e. The molecule has 54 heavy (non-hydrogen) atoms. The molecule has 0 aliphatic carbocycles. The highest BCUT2D eigenvalue weighted by molar-refractivity contribution is 7.95. The number of hydrogen-bond acceptors (Lipinski definition) is 19. The lowest BCUT2D eigenvalue weighted by Crippen LogP contribution is -1.96. The van der Waals surface area contributed by atoms with Crippen molar-refractivity contribution in [3.05, 3.63) is 84.4 Å². The lowest BCUT2D eigenvalue weighted by molar-refractivity contribution is -0.432. The average molecular weight is 779 g/mol. The number of ether oxygens (including phenoxy) is 3. The van der Waals surface area contributed by atoms with Crippen molar-refractivity contribution in [3.8, 4) is 17.2 Å². The van der Waals surface area contributed by atoms with Crippen LogP contribution in [0.2, 0.25) is 0 Å². The van der Waals surface area contributed by atoms with Crippen LogP contribution in [0.1, 0.15) is 17.3 Å². The molecule has 0 saturated carbocycles. The number of benzene rings is 5. The van der Waals surface area contributed by atoms with E-state index >= 15 is 0 Å². The van der Waals surface area contributed by atoms with E-state index in [1.807, 2.05) is 0 Å². The third-order valence-corrected chi connectivity index (χ3v) is 8.36. The Morgan fingerprint density at radius 1 is 0.778 bits per heavy atom. The van der Waals surface area contributed by atoms with Gasteiger partial charge < -0.3 is 29.7 Å². The molecular weight excluding hydrogens is 749 g/mol. The number of rotatable bonds is 18. The number of aromatic carboxylic acids is 1. The number of anilines is 2. The number of carboxylic acid groups (broad SMARTS) is 1. The van der Waals surface area contributed by atoms with Gasteiger partial charge in [0.1, 0.15) is 28.6 Å². The molecule has 20 heteroatoms. The average Bonchev–Trinajstić information content (AvgIpc) is 3.18. The molecular formula is C34H30N6O12S2. The fourth-order valence-corrected chi connectivity index (χ4v) is 5.74. The summed E-state index contributed by atoms with van der Waals surface area (Å²) < 4.78 is 25.4. The normalized spacial score (nSPS) is 11.6. The Morgan fingerprint density at radius 2 is 1.50 bits per heavy atom. The molecule has 0 bridgehead atoms. The minimum absolute atomic E-state index is 0.0376. The number of phenolic OH excluding ortho intramolecular Hbond substituents is 1. The molecule has 0 heterocycles. The Kier molecular flexibility index (Phi) is 14.1. The zero-order chi connectivity index (χ0) is 38.5. The van der Waals surface area contributed by atoms with Gasteiger partial charge >= 0.3 is 5.97 Å². The maximum absolute atomic E-state index is 11.5. The largest absolute Gasteiger partial charge is 0.505 e. The molecule has 18 nitrogen and oxygen atoms in total. The van der Waals surface area contributed by atoms with Gasteiger partial charge in [-0.15, -0.1) is 24.0 Å². The number of methoxy groups -OCH3 is 2.